The molecule has 1 amide bonds. The molecule has 0 radical (unpaired) electrons. The molecule has 11 heteroatoms. The second-order valence-corrected chi connectivity index (χ2v) is 7.66. The predicted molar refractivity (Wildman–Crippen MR) is 130 cm³/mol. The van der Waals surface area contributed by atoms with E-state index in [0.717, 1.165) is 12.1 Å². The molecule has 0 bridgehead atoms. The molecule has 1 aliphatic rings. The van der Waals surface area contributed by atoms with E-state index in [4.69, 9.17) is 9.39 Å². The first-order valence-electron chi connectivity index (χ1n) is 11.4. The monoisotopic (exact) mass is 456 g/mol. The molecular formula is C22H33BN6O4. The number of hydrogen-bond acceptors (Lipinski definition) is 8. The van der Waals surface area contributed by atoms with Gasteiger partial charge >= 0.3 is 7.62 Å². The summed E-state index contributed by atoms with van der Waals surface area (Å²) in [5.74, 6) is 0.0404. The summed E-state index contributed by atoms with van der Waals surface area (Å²) in [7, 11) is 1.92. The number of aromatic nitrogens is 2. The fourth-order valence-corrected chi connectivity index (χ4v) is 3.70. The molecule has 0 unspecified atom stereocenters. The van der Waals surface area contributed by atoms with Gasteiger partial charge in [-0.25, -0.2) is 0 Å². The molecule has 33 heavy (non-hydrogen) atoms. The van der Waals surface area contributed by atoms with E-state index in [-0.39, 0.29) is 18.0 Å². The lowest BCUT2D eigenvalue weighted by Crippen LogP contribution is -2.51. The van der Waals surface area contributed by atoms with Crippen molar-refractivity contribution < 1.29 is 14.2 Å². The smallest absolute Gasteiger partial charge is 0.360 e. The van der Waals surface area contributed by atoms with Crippen molar-refractivity contribution in [3.63, 3.8) is 0 Å². The topological polar surface area (TPSA) is 101 Å². The van der Waals surface area contributed by atoms with E-state index in [2.05, 4.69) is 20.5 Å². The summed E-state index contributed by atoms with van der Waals surface area (Å²) < 4.78 is 11.8. The maximum absolute atomic E-state index is 13.4. The highest BCUT2D eigenvalue weighted by molar-refractivity contribution is 6.24. The average Bonchev–Trinajstić information content (AvgIpc) is 2.85. The summed E-state index contributed by atoms with van der Waals surface area (Å²) in [5.41, 5.74) is 1.79. The van der Waals surface area contributed by atoms with Crippen LogP contribution in [-0.4, -0.2) is 87.8 Å². The number of benzene rings is 1. The maximum atomic E-state index is 13.4. The number of para-hydroxylation sites is 1. The van der Waals surface area contributed by atoms with Crippen LogP contribution in [0.5, 0.6) is 0 Å². The van der Waals surface area contributed by atoms with Crippen molar-refractivity contribution in [3.8, 4) is 5.69 Å². The van der Waals surface area contributed by atoms with Crippen LogP contribution in [0.1, 0.15) is 13.3 Å². The molecule has 1 aromatic heterocycles. The number of carbonyl (C=O) groups is 1. The van der Waals surface area contributed by atoms with E-state index < -0.39 is 0 Å². The van der Waals surface area contributed by atoms with Gasteiger partial charge in [-0.15, -0.1) is 0 Å². The van der Waals surface area contributed by atoms with Gasteiger partial charge < -0.3 is 29.7 Å². The van der Waals surface area contributed by atoms with Gasteiger partial charge in [0.1, 0.15) is 5.69 Å². The number of amides is 1. The Hall–Kier alpha value is -2.89. The van der Waals surface area contributed by atoms with Crippen LogP contribution in [0.3, 0.4) is 0 Å². The average molecular weight is 456 g/mol. The lowest BCUT2D eigenvalue weighted by molar-refractivity contribution is -0.130. The summed E-state index contributed by atoms with van der Waals surface area (Å²) >= 11 is 0. The van der Waals surface area contributed by atoms with Crippen LogP contribution in [0.15, 0.2) is 41.3 Å². The van der Waals surface area contributed by atoms with Crippen molar-refractivity contribution in [1.82, 2.24) is 19.9 Å². The summed E-state index contributed by atoms with van der Waals surface area (Å²) in [5, 5.41) is 10.7. The Morgan fingerprint density at radius 1 is 1.18 bits per heavy atom. The van der Waals surface area contributed by atoms with Gasteiger partial charge in [0.05, 0.1) is 24.1 Å². The Kier molecular flexibility index (Phi) is 9.73. The number of rotatable bonds is 12. The zero-order valence-electron chi connectivity index (χ0n) is 19.5. The van der Waals surface area contributed by atoms with Crippen LogP contribution in [0.4, 0.5) is 11.4 Å². The minimum Gasteiger partial charge on any atom is -0.427 e. The Labute approximate surface area is 195 Å². The third kappa shape index (κ3) is 6.80. The number of piperazine rings is 1. The van der Waals surface area contributed by atoms with Gasteiger partial charge in [-0.05, 0) is 25.5 Å². The van der Waals surface area contributed by atoms with Crippen LogP contribution >= 0.6 is 0 Å². The number of anilines is 2. The van der Waals surface area contributed by atoms with Crippen molar-refractivity contribution >= 4 is 24.9 Å². The largest absolute Gasteiger partial charge is 0.427 e. The van der Waals surface area contributed by atoms with Gasteiger partial charge in [-0.3, -0.25) is 9.59 Å². The maximum Gasteiger partial charge on any atom is 0.360 e. The van der Waals surface area contributed by atoms with Crippen molar-refractivity contribution in [2.75, 3.05) is 69.8 Å². The Morgan fingerprint density at radius 3 is 2.64 bits per heavy atom. The third-order valence-corrected chi connectivity index (χ3v) is 5.43. The van der Waals surface area contributed by atoms with Gasteiger partial charge in [0.2, 0.25) is 5.91 Å². The molecule has 2 N–H and O–H groups in total. The van der Waals surface area contributed by atoms with Crippen molar-refractivity contribution in [2.45, 2.75) is 13.3 Å². The number of nitrogens with one attached hydrogen (secondary N) is 2. The molecule has 3 rings (SSSR count). The molecule has 2 heterocycles. The molecule has 0 spiro atoms. The number of carbonyl (C=O) groups excluding carboxylic acids is 1. The van der Waals surface area contributed by atoms with E-state index in [0.29, 0.717) is 64.9 Å². The van der Waals surface area contributed by atoms with Crippen molar-refractivity contribution in [2.24, 2.45) is 0 Å². The van der Waals surface area contributed by atoms with E-state index in [1.807, 2.05) is 42.2 Å². The summed E-state index contributed by atoms with van der Waals surface area (Å²) in [6.07, 6.45) is 2.52. The highest BCUT2D eigenvalue weighted by Crippen LogP contribution is 2.23. The predicted octanol–water partition coefficient (Wildman–Crippen LogP) is 0.222. The third-order valence-electron chi connectivity index (χ3n) is 5.43. The van der Waals surface area contributed by atoms with Gasteiger partial charge in [0.25, 0.3) is 5.56 Å². The molecule has 1 aromatic carbocycles. The second kappa shape index (κ2) is 13.0. The van der Waals surface area contributed by atoms with E-state index >= 15 is 0 Å². The van der Waals surface area contributed by atoms with Gasteiger partial charge in [0.15, 0.2) is 0 Å². The highest BCUT2D eigenvalue weighted by atomic mass is 16.5. The summed E-state index contributed by atoms with van der Waals surface area (Å²) in [6.45, 7) is 6.54. The van der Waals surface area contributed by atoms with Crippen LogP contribution in [0.25, 0.3) is 5.69 Å². The normalized spacial score (nSPS) is 13.8. The van der Waals surface area contributed by atoms with Crippen LogP contribution in [0.2, 0.25) is 0 Å². The Bertz CT molecular complexity index is 934. The van der Waals surface area contributed by atoms with E-state index in [9.17, 15) is 9.59 Å². The van der Waals surface area contributed by atoms with Gasteiger partial charge in [-0.1, -0.05) is 18.2 Å². The standard InChI is InChI=1S/C22H33BN6O4/c1-3-33-15-7-10-24-21-19(16-26-29(22(21)31)18-8-5-4-6-9-18)27-11-13-28(14-12-27)20(30)17-25-23-32-2/h4-6,8-9,16,23-25H,3,7,10-15,17H2,1-2H3. The summed E-state index contributed by atoms with van der Waals surface area (Å²) in [6, 6.07) is 9.37. The number of nitrogens with zero attached hydrogens (tertiary/aromatic N) is 4. The van der Waals surface area contributed by atoms with Crippen LogP contribution in [-0.2, 0) is 14.2 Å². The van der Waals surface area contributed by atoms with E-state index in [1.165, 1.54) is 4.68 Å². The zero-order chi connectivity index (χ0) is 23.5. The highest BCUT2D eigenvalue weighted by Gasteiger charge is 2.24. The fourth-order valence-electron chi connectivity index (χ4n) is 3.70. The quantitative estimate of drug-likeness (QED) is 0.346. The first-order chi connectivity index (χ1) is 16.2. The first kappa shape index (κ1) is 24.8. The molecule has 0 atom stereocenters. The van der Waals surface area contributed by atoms with E-state index in [1.54, 1.807) is 13.3 Å². The molecule has 1 saturated heterocycles. The molecular weight excluding hydrogens is 423 g/mol. The second-order valence-electron chi connectivity index (χ2n) is 7.66. The van der Waals surface area contributed by atoms with Crippen LogP contribution in [0, 0.1) is 0 Å². The number of ether oxygens (including phenoxy) is 1. The summed E-state index contributed by atoms with van der Waals surface area (Å²) in [4.78, 5) is 29.7. The first-order valence-corrected chi connectivity index (χ1v) is 11.4. The minimum atomic E-state index is -0.197. The molecule has 1 fully saturated rings. The molecule has 10 nitrogen and oxygen atoms in total. The molecule has 178 valence electrons. The van der Waals surface area contributed by atoms with Gasteiger partial charge in [-0.2, -0.15) is 9.78 Å². The fraction of sp³-hybridized carbons (Fsp3) is 0.500. The molecule has 2 aromatic rings. The molecule has 0 aliphatic carbocycles. The SMILES string of the molecule is CCOCCCNc1c(N2CCN(C(=O)CNBOC)CC2)cnn(-c2ccccc2)c1=O. The van der Waals surface area contributed by atoms with Crippen LogP contribution < -0.4 is 21.0 Å². The lowest BCUT2D eigenvalue weighted by atomic mass is 10.2. The lowest BCUT2D eigenvalue weighted by Gasteiger charge is -2.36. The van der Waals surface area contributed by atoms with Gasteiger partial charge in [0, 0.05) is 53.0 Å². The Balaban J connectivity index is 1.74. The molecule has 1 aliphatic heterocycles. The van der Waals surface area contributed by atoms with Crippen molar-refractivity contribution in [1.29, 1.82) is 0 Å². The minimum absolute atomic E-state index is 0.0404. The van der Waals surface area contributed by atoms with Crippen molar-refractivity contribution in [3.05, 3.63) is 46.9 Å². The zero-order valence-corrected chi connectivity index (χ0v) is 19.5. The Morgan fingerprint density at radius 2 is 1.94 bits per heavy atom. The number of hydrogen-bond donors (Lipinski definition) is 2. The molecule has 0 saturated carbocycles.